The molecule has 0 atom stereocenters. The molecule has 1 saturated heterocycles. The number of nitriles is 1. The molecule has 9 heteroatoms. The predicted molar refractivity (Wildman–Crippen MR) is 148 cm³/mol. The molecule has 0 spiro atoms. The summed E-state index contributed by atoms with van der Waals surface area (Å²) >= 11 is 0. The molecule has 0 N–H and O–H groups in total. The zero-order valence-corrected chi connectivity index (χ0v) is 22.0. The van der Waals surface area contributed by atoms with Crippen molar-refractivity contribution in [2.75, 3.05) is 26.7 Å². The Morgan fingerprint density at radius 1 is 1.00 bits per heavy atom. The van der Waals surface area contributed by atoms with E-state index < -0.39 is 0 Å². The molecule has 8 nitrogen and oxygen atoms in total. The second kappa shape index (κ2) is 12.5. The van der Waals surface area contributed by atoms with Crippen LogP contribution in [0, 0.1) is 17.2 Å². The van der Waals surface area contributed by atoms with E-state index in [4.69, 9.17) is 4.74 Å². The first-order valence-corrected chi connectivity index (χ1v) is 12.4. The van der Waals surface area contributed by atoms with E-state index in [0.29, 0.717) is 41.9 Å². The van der Waals surface area contributed by atoms with Gasteiger partial charge in [0.05, 0.1) is 42.9 Å². The minimum atomic E-state index is -0.201. The lowest BCUT2D eigenvalue weighted by molar-refractivity contribution is 0.159. The molecule has 194 valence electrons. The predicted octanol–water partition coefficient (Wildman–Crippen LogP) is 4.43. The summed E-state index contributed by atoms with van der Waals surface area (Å²) in [5.41, 5.74) is 3.52. The van der Waals surface area contributed by atoms with E-state index in [1.807, 2.05) is 30.3 Å². The molecule has 2 aromatic heterocycles. The van der Waals surface area contributed by atoms with Gasteiger partial charge in [-0.1, -0.05) is 30.3 Å². The third kappa shape index (κ3) is 6.62. The Bertz CT molecular complexity index is 1470. The Hall–Kier alpha value is -4.06. The number of piperidine rings is 1. The van der Waals surface area contributed by atoms with Gasteiger partial charge in [0.15, 0.2) is 11.6 Å². The van der Waals surface area contributed by atoms with Crippen LogP contribution in [0.3, 0.4) is 0 Å². The average molecular weight is 529 g/mol. The first-order valence-electron chi connectivity index (χ1n) is 12.4. The van der Waals surface area contributed by atoms with Crippen molar-refractivity contribution in [3.8, 4) is 34.5 Å². The standard InChI is InChI=1S/C29H28N6O2.ClH/c1-34-12-10-21(11-13-34)20-37-26-17-31-29(32-18-26)25-7-3-5-23(15-25)19-35-28(36)9-8-27(33-35)24-6-2-4-22(14-24)16-30;/h2-9,14-15,17-18,21H,10-13,19-20H2,1H3;1H. The van der Waals surface area contributed by atoms with Gasteiger partial charge in [-0.05, 0) is 68.7 Å². The number of hydrogen-bond acceptors (Lipinski definition) is 7. The molecule has 5 rings (SSSR count). The summed E-state index contributed by atoms with van der Waals surface area (Å²) in [4.78, 5) is 23.9. The Labute approximate surface area is 228 Å². The quantitative estimate of drug-likeness (QED) is 0.350. The van der Waals surface area contributed by atoms with Crippen molar-refractivity contribution in [2.45, 2.75) is 19.4 Å². The summed E-state index contributed by atoms with van der Waals surface area (Å²) < 4.78 is 7.37. The largest absolute Gasteiger partial charge is 0.490 e. The fourth-order valence-electron chi connectivity index (χ4n) is 4.43. The van der Waals surface area contributed by atoms with E-state index >= 15 is 0 Å². The van der Waals surface area contributed by atoms with Crippen LogP contribution in [0.4, 0.5) is 0 Å². The molecule has 0 saturated carbocycles. The first kappa shape index (κ1) is 27.0. The highest BCUT2D eigenvalue weighted by Gasteiger charge is 2.17. The van der Waals surface area contributed by atoms with Gasteiger partial charge in [0.1, 0.15) is 0 Å². The zero-order chi connectivity index (χ0) is 25.6. The lowest BCUT2D eigenvalue weighted by Gasteiger charge is -2.28. The second-order valence-electron chi connectivity index (χ2n) is 9.41. The van der Waals surface area contributed by atoms with Crippen LogP contribution in [0.1, 0.15) is 24.0 Å². The highest BCUT2D eigenvalue weighted by molar-refractivity contribution is 5.85. The fraction of sp³-hybridized carbons (Fsp3) is 0.276. The third-order valence-electron chi connectivity index (χ3n) is 6.62. The van der Waals surface area contributed by atoms with Crippen LogP contribution in [0.5, 0.6) is 5.75 Å². The summed E-state index contributed by atoms with van der Waals surface area (Å²) in [6.45, 7) is 3.21. The Morgan fingerprint density at radius 3 is 2.50 bits per heavy atom. The Morgan fingerprint density at radius 2 is 1.74 bits per heavy atom. The molecule has 38 heavy (non-hydrogen) atoms. The van der Waals surface area contributed by atoms with Crippen molar-refractivity contribution >= 4 is 12.4 Å². The van der Waals surface area contributed by atoms with Crippen LogP contribution in [0.15, 0.2) is 77.9 Å². The van der Waals surface area contributed by atoms with E-state index in [1.54, 1.807) is 36.7 Å². The number of hydrogen-bond donors (Lipinski definition) is 0. The van der Waals surface area contributed by atoms with Crippen molar-refractivity contribution in [3.63, 3.8) is 0 Å². The maximum atomic E-state index is 12.5. The lowest BCUT2D eigenvalue weighted by Crippen LogP contribution is -2.32. The molecule has 0 bridgehead atoms. The van der Waals surface area contributed by atoms with E-state index in [9.17, 15) is 10.1 Å². The summed E-state index contributed by atoms with van der Waals surface area (Å²) in [6, 6.07) is 20.3. The Balaban J connectivity index is 0.00000336. The monoisotopic (exact) mass is 528 g/mol. The van der Waals surface area contributed by atoms with Gasteiger partial charge in [0.2, 0.25) is 0 Å². The molecule has 0 aliphatic carbocycles. The topological polar surface area (TPSA) is 96.9 Å². The van der Waals surface area contributed by atoms with Gasteiger partial charge in [-0.2, -0.15) is 10.4 Å². The number of rotatable bonds is 7. The van der Waals surface area contributed by atoms with Crippen molar-refractivity contribution in [3.05, 3.63) is 94.5 Å². The van der Waals surface area contributed by atoms with Crippen LogP contribution >= 0.6 is 12.4 Å². The molecular formula is C29H29ClN6O2. The van der Waals surface area contributed by atoms with E-state index in [-0.39, 0.29) is 18.0 Å². The van der Waals surface area contributed by atoms with Gasteiger partial charge in [0, 0.05) is 17.2 Å². The van der Waals surface area contributed by atoms with Gasteiger partial charge >= 0.3 is 0 Å². The van der Waals surface area contributed by atoms with Gasteiger partial charge in [0.25, 0.3) is 5.56 Å². The molecule has 2 aromatic carbocycles. The van der Waals surface area contributed by atoms with Crippen molar-refractivity contribution in [1.82, 2.24) is 24.6 Å². The van der Waals surface area contributed by atoms with E-state index in [2.05, 4.69) is 33.1 Å². The van der Waals surface area contributed by atoms with Crippen LogP contribution < -0.4 is 10.3 Å². The number of ether oxygens (including phenoxy) is 1. The molecule has 1 aliphatic heterocycles. The number of halogens is 1. The molecule has 4 aromatic rings. The Kier molecular flexibility index (Phi) is 8.85. The number of likely N-dealkylation sites (tertiary alicyclic amines) is 1. The molecule has 0 amide bonds. The minimum absolute atomic E-state index is 0. The number of benzene rings is 2. The van der Waals surface area contributed by atoms with Crippen LogP contribution in [-0.2, 0) is 6.54 Å². The van der Waals surface area contributed by atoms with Crippen molar-refractivity contribution < 1.29 is 4.74 Å². The SMILES string of the molecule is CN1CCC(COc2cnc(-c3cccc(Cn4nc(-c5cccc(C#N)c5)ccc4=O)c3)nc2)CC1.Cl. The van der Waals surface area contributed by atoms with Crippen LogP contribution in [0.25, 0.3) is 22.6 Å². The summed E-state index contributed by atoms with van der Waals surface area (Å²) in [5.74, 6) is 1.83. The summed E-state index contributed by atoms with van der Waals surface area (Å²) in [6.07, 6.45) is 5.73. The first-order chi connectivity index (χ1) is 18.1. The smallest absolute Gasteiger partial charge is 0.267 e. The maximum absolute atomic E-state index is 12.5. The third-order valence-corrected chi connectivity index (χ3v) is 6.62. The highest BCUT2D eigenvalue weighted by atomic mass is 35.5. The summed E-state index contributed by atoms with van der Waals surface area (Å²) in [5, 5.41) is 13.7. The van der Waals surface area contributed by atoms with Crippen molar-refractivity contribution in [2.24, 2.45) is 5.92 Å². The second-order valence-corrected chi connectivity index (χ2v) is 9.41. The normalized spacial score (nSPS) is 13.9. The van der Waals surface area contributed by atoms with E-state index in [1.165, 1.54) is 10.7 Å². The summed E-state index contributed by atoms with van der Waals surface area (Å²) in [7, 11) is 2.15. The van der Waals surface area contributed by atoms with Gasteiger partial charge in [-0.25, -0.2) is 14.6 Å². The molecule has 1 aliphatic rings. The minimum Gasteiger partial charge on any atom is -0.490 e. The highest BCUT2D eigenvalue weighted by Crippen LogP contribution is 2.21. The van der Waals surface area contributed by atoms with Crippen LogP contribution in [-0.4, -0.2) is 51.4 Å². The van der Waals surface area contributed by atoms with E-state index in [0.717, 1.165) is 42.6 Å². The molecule has 0 radical (unpaired) electrons. The number of nitrogens with zero attached hydrogens (tertiary/aromatic N) is 6. The zero-order valence-electron chi connectivity index (χ0n) is 21.2. The van der Waals surface area contributed by atoms with Gasteiger partial charge < -0.3 is 9.64 Å². The van der Waals surface area contributed by atoms with Gasteiger partial charge in [-0.15, -0.1) is 12.4 Å². The fourth-order valence-corrected chi connectivity index (χ4v) is 4.43. The average Bonchev–Trinajstić information content (AvgIpc) is 2.94. The van der Waals surface area contributed by atoms with Gasteiger partial charge in [-0.3, -0.25) is 4.79 Å². The van der Waals surface area contributed by atoms with Crippen molar-refractivity contribution in [1.29, 1.82) is 5.26 Å². The van der Waals surface area contributed by atoms with Crippen LogP contribution in [0.2, 0.25) is 0 Å². The number of aromatic nitrogens is 4. The molecule has 3 heterocycles. The molecule has 0 unspecified atom stereocenters. The maximum Gasteiger partial charge on any atom is 0.267 e. The molecular weight excluding hydrogens is 500 g/mol. The molecule has 1 fully saturated rings. The lowest BCUT2D eigenvalue weighted by atomic mass is 9.98.